The van der Waals surface area contributed by atoms with Gasteiger partial charge in [-0.25, -0.2) is 0 Å². The number of benzene rings is 1. The lowest BCUT2D eigenvalue weighted by molar-refractivity contribution is 0.0528. The Hall–Kier alpha value is -1.90. The van der Waals surface area contributed by atoms with Gasteiger partial charge in [0.25, 0.3) is 0 Å². The van der Waals surface area contributed by atoms with E-state index in [4.69, 9.17) is 15.6 Å². The molecule has 15 heavy (non-hydrogen) atoms. The molecule has 2 atom stereocenters. The number of hydrogen-bond acceptors (Lipinski definition) is 5. The summed E-state index contributed by atoms with van der Waals surface area (Å²) in [5.41, 5.74) is 0.959. The molecule has 0 saturated carbocycles. The minimum atomic E-state index is -1.47. The zero-order valence-corrected chi connectivity index (χ0v) is 7.78. The second-order valence-electron chi connectivity index (χ2n) is 2.93. The highest BCUT2D eigenvalue weighted by Gasteiger charge is 2.17. The van der Waals surface area contributed by atoms with Crippen molar-refractivity contribution in [1.82, 2.24) is 0 Å². The Morgan fingerprint density at radius 1 is 1.40 bits per heavy atom. The van der Waals surface area contributed by atoms with Gasteiger partial charge in [0.05, 0.1) is 12.3 Å². The van der Waals surface area contributed by atoms with Crippen LogP contribution < -0.4 is 0 Å². The summed E-state index contributed by atoms with van der Waals surface area (Å²) in [6.45, 7) is 0. The summed E-state index contributed by atoms with van der Waals surface area (Å²) in [7, 11) is 0. The second kappa shape index (κ2) is 5.10. The summed E-state index contributed by atoms with van der Waals surface area (Å²) in [5.74, 6) is 0. The first-order valence-electron chi connectivity index (χ1n) is 4.22. The predicted octanol–water partition coefficient (Wildman–Crippen LogP) is 0.413. The smallest absolute Gasteiger partial charge is 0.170 e. The van der Waals surface area contributed by atoms with Crippen LogP contribution in [-0.2, 0) is 0 Å². The molecule has 0 aliphatic heterocycles. The van der Waals surface area contributed by atoms with E-state index in [9.17, 15) is 5.11 Å². The van der Waals surface area contributed by atoms with Gasteiger partial charge in [0.15, 0.2) is 6.10 Å². The summed E-state index contributed by atoms with van der Waals surface area (Å²) in [6, 6.07) is 7.91. The van der Waals surface area contributed by atoms with E-state index in [-0.39, 0.29) is 0 Å². The summed E-state index contributed by atoms with van der Waals surface area (Å²) in [4.78, 5) is 0. The van der Waals surface area contributed by atoms with Crippen LogP contribution in [0, 0.1) is 11.3 Å². The molecule has 0 saturated heterocycles. The highest BCUT2D eigenvalue weighted by atomic mass is 16.4. The molecule has 0 aliphatic rings. The maximum atomic E-state index is 9.50. The van der Waals surface area contributed by atoms with Crippen molar-refractivity contribution in [3.63, 3.8) is 0 Å². The molecule has 0 aromatic heterocycles. The number of aliphatic hydroxyl groups is 2. The maximum Gasteiger partial charge on any atom is 0.170 e. The van der Waals surface area contributed by atoms with Crippen molar-refractivity contribution in [2.45, 2.75) is 12.2 Å². The molecule has 0 spiro atoms. The molecular formula is C10H10N2O3. The third-order valence-corrected chi connectivity index (χ3v) is 1.89. The number of oxime groups is 1. The van der Waals surface area contributed by atoms with Crippen LogP contribution in [0.2, 0.25) is 0 Å². The van der Waals surface area contributed by atoms with E-state index >= 15 is 0 Å². The highest BCUT2D eigenvalue weighted by molar-refractivity contribution is 5.79. The number of nitriles is 1. The van der Waals surface area contributed by atoms with Crippen molar-refractivity contribution >= 4 is 6.21 Å². The van der Waals surface area contributed by atoms with E-state index < -0.39 is 12.2 Å². The second-order valence-corrected chi connectivity index (χ2v) is 2.93. The normalized spacial score (nSPS) is 14.7. The summed E-state index contributed by atoms with van der Waals surface area (Å²) < 4.78 is 0. The molecule has 3 N–H and O–H groups in total. The average molecular weight is 206 g/mol. The van der Waals surface area contributed by atoms with Gasteiger partial charge >= 0.3 is 0 Å². The quantitative estimate of drug-likeness (QED) is 0.289. The summed E-state index contributed by atoms with van der Waals surface area (Å²) in [5, 5.41) is 38.2. The Bertz CT molecular complexity index is 398. The van der Waals surface area contributed by atoms with Crippen LogP contribution in [0.25, 0.3) is 0 Å². The molecule has 0 bridgehead atoms. The molecule has 78 valence electrons. The van der Waals surface area contributed by atoms with E-state index in [0.29, 0.717) is 11.1 Å². The molecule has 0 radical (unpaired) electrons. The molecule has 1 rings (SSSR count). The third-order valence-electron chi connectivity index (χ3n) is 1.89. The van der Waals surface area contributed by atoms with Crippen molar-refractivity contribution in [3.05, 3.63) is 35.4 Å². The molecule has 5 heteroatoms. The molecule has 1 aromatic rings. The topological polar surface area (TPSA) is 96.8 Å². The predicted molar refractivity (Wildman–Crippen MR) is 52.4 cm³/mol. The molecule has 0 aliphatic carbocycles. The Labute approximate surface area is 86.5 Å². The lowest BCUT2D eigenvalue weighted by atomic mass is 10.0. The Morgan fingerprint density at radius 3 is 2.73 bits per heavy atom. The number of nitrogens with zero attached hydrogens (tertiary/aromatic N) is 2. The zero-order chi connectivity index (χ0) is 11.3. The first kappa shape index (κ1) is 11.2. The van der Waals surface area contributed by atoms with Crippen LogP contribution in [0.15, 0.2) is 29.4 Å². The fourth-order valence-electron chi connectivity index (χ4n) is 1.14. The van der Waals surface area contributed by atoms with E-state index in [1.165, 1.54) is 18.4 Å². The van der Waals surface area contributed by atoms with E-state index in [2.05, 4.69) is 5.16 Å². The molecule has 0 heterocycles. The van der Waals surface area contributed by atoms with Crippen molar-refractivity contribution < 1.29 is 15.4 Å². The monoisotopic (exact) mass is 206 g/mol. The largest absolute Gasteiger partial charge is 0.411 e. The molecule has 1 aromatic carbocycles. The number of aliphatic hydroxyl groups excluding tert-OH is 2. The van der Waals surface area contributed by atoms with Crippen molar-refractivity contribution in [3.8, 4) is 6.07 Å². The zero-order valence-electron chi connectivity index (χ0n) is 7.78. The number of rotatable bonds is 3. The third kappa shape index (κ3) is 2.77. The lowest BCUT2D eigenvalue weighted by Gasteiger charge is -2.11. The Balaban J connectivity index is 2.95. The molecular weight excluding hydrogens is 196 g/mol. The Morgan fingerprint density at radius 2 is 2.13 bits per heavy atom. The van der Waals surface area contributed by atoms with Crippen LogP contribution in [0.4, 0.5) is 0 Å². The van der Waals surface area contributed by atoms with Gasteiger partial charge in [0, 0.05) is 0 Å². The van der Waals surface area contributed by atoms with Crippen LogP contribution in [0.3, 0.4) is 0 Å². The number of hydrogen-bond donors (Lipinski definition) is 3. The average Bonchev–Trinajstić information content (AvgIpc) is 2.28. The maximum absolute atomic E-state index is 9.50. The van der Waals surface area contributed by atoms with E-state index in [1.54, 1.807) is 18.2 Å². The van der Waals surface area contributed by atoms with Crippen LogP contribution in [0.1, 0.15) is 17.2 Å². The van der Waals surface area contributed by atoms with Gasteiger partial charge in [0.1, 0.15) is 6.10 Å². The summed E-state index contributed by atoms with van der Waals surface area (Å²) >= 11 is 0. The first-order valence-corrected chi connectivity index (χ1v) is 4.22. The van der Waals surface area contributed by atoms with Gasteiger partial charge in [-0.2, -0.15) is 5.26 Å². The van der Waals surface area contributed by atoms with Crippen LogP contribution >= 0.6 is 0 Å². The van der Waals surface area contributed by atoms with Crippen LogP contribution in [-0.4, -0.2) is 27.7 Å². The standard InChI is InChI=1S/C10H10N2O3/c11-5-9(13)10(14)8-3-1-2-7(4-8)6-12-15/h1-4,6,9-10,13-15H. The highest BCUT2D eigenvalue weighted by Crippen LogP contribution is 2.17. The van der Waals surface area contributed by atoms with Gasteiger partial charge in [-0.15, -0.1) is 0 Å². The van der Waals surface area contributed by atoms with E-state index in [0.717, 1.165) is 0 Å². The fourth-order valence-corrected chi connectivity index (χ4v) is 1.14. The first-order chi connectivity index (χ1) is 7.19. The lowest BCUT2D eigenvalue weighted by Crippen LogP contribution is -2.15. The van der Waals surface area contributed by atoms with Gasteiger partial charge in [-0.1, -0.05) is 23.4 Å². The molecule has 0 amide bonds. The van der Waals surface area contributed by atoms with Crippen molar-refractivity contribution in [2.24, 2.45) is 5.16 Å². The van der Waals surface area contributed by atoms with Crippen LogP contribution in [0.5, 0.6) is 0 Å². The van der Waals surface area contributed by atoms with Gasteiger partial charge in [-0.3, -0.25) is 0 Å². The molecule has 0 fully saturated rings. The Kier molecular flexibility index (Phi) is 3.80. The van der Waals surface area contributed by atoms with Crippen molar-refractivity contribution in [1.29, 1.82) is 5.26 Å². The van der Waals surface area contributed by atoms with Crippen molar-refractivity contribution in [2.75, 3.05) is 0 Å². The van der Waals surface area contributed by atoms with Gasteiger partial charge < -0.3 is 15.4 Å². The van der Waals surface area contributed by atoms with Gasteiger partial charge in [0.2, 0.25) is 0 Å². The molecule has 2 unspecified atom stereocenters. The van der Waals surface area contributed by atoms with Gasteiger partial charge in [-0.05, 0) is 17.2 Å². The molecule has 5 nitrogen and oxygen atoms in total. The summed E-state index contributed by atoms with van der Waals surface area (Å²) in [6.07, 6.45) is -1.54. The minimum absolute atomic E-state index is 0.390. The minimum Gasteiger partial charge on any atom is -0.411 e. The SMILES string of the molecule is N#CC(O)C(O)c1cccc(C=NO)c1. The fraction of sp³-hybridized carbons (Fsp3) is 0.200. The van der Waals surface area contributed by atoms with E-state index in [1.807, 2.05) is 0 Å².